The van der Waals surface area contributed by atoms with Crippen molar-refractivity contribution in [3.8, 4) is 0 Å². The summed E-state index contributed by atoms with van der Waals surface area (Å²) in [4.78, 5) is 4.32. The van der Waals surface area contributed by atoms with Crippen LogP contribution in [0.5, 0.6) is 0 Å². The highest BCUT2D eigenvalue weighted by Crippen LogP contribution is 2.41. The smallest absolute Gasteiger partial charge is 0.0349 e. The highest BCUT2D eigenvalue weighted by Gasteiger charge is 2.29. The maximum atomic E-state index is 4.32. The lowest BCUT2D eigenvalue weighted by atomic mass is 9.86. The molecule has 1 aromatic carbocycles. The standard InChI is InChI=1S/C17H22N2/c1-2-18-11-14-6-4-7-15(14)16-8-3-5-13-9-10-19-12-17(13)16/h3,5,8-10,12,14-15,18H,2,4,6-7,11H2,1H3. The zero-order valence-corrected chi connectivity index (χ0v) is 11.6. The first-order valence-corrected chi connectivity index (χ1v) is 7.43. The number of rotatable bonds is 4. The molecule has 1 fully saturated rings. The van der Waals surface area contributed by atoms with Crippen LogP contribution in [0.1, 0.15) is 37.7 Å². The van der Waals surface area contributed by atoms with Gasteiger partial charge in [0.1, 0.15) is 0 Å². The fourth-order valence-electron chi connectivity index (χ4n) is 3.48. The number of benzene rings is 1. The molecule has 1 N–H and O–H groups in total. The average Bonchev–Trinajstić information content (AvgIpc) is 2.92. The molecule has 0 radical (unpaired) electrons. The predicted molar refractivity (Wildman–Crippen MR) is 80.4 cm³/mol. The first-order valence-electron chi connectivity index (χ1n) is 7.43. The molecule has 0 amide bonds. The molecular formula is C17H22N2. The van der Waals surface area contributed by atoms with Crippen LogP contribution in [0.3, 0.4) is 0 Å². The van der Waals surface area contributed by atoms with Crippen LogP contribution in [0.4, 0.5) is 0 Å². The summed E-state index contributed by atoms with van der Waals surface area (Å²) in [5, 5.41) is 6.19. The van der Waals surface area contributed by atoms with Crippen LogP contribution >= 0.6 is 0 Å². The van der Waals surface area contributed by atoms with E-state index in [9.17, 15) is 0 Å². The van der Waals surface area contributed by atoms with E-state index in [1.165, 1.54) is 35.6 Å². The summed E-state index contributed by atoms with van der Waals surface area (Å²) in [6, 6.07) is 8.81. The summed E-state index contributed by atoms with van der Waals surface area (Å²) in [5.41, 5.74) is 1.51. The Labute approximate surface area is 115 Å². The van der Waals surface area contributed by atoms with Crippen molar-refractivity contribution in [3.63, 3.8) is 0 Å². The van der Waals surface area contributed by atoms with Gasteiger partial charge in [-0.3, -0.25) is 4.98 Å². The van der Waals surface area contributed by atoms with Gasteiger partial charge in [0.15, 0.2) is 0 Å². The summed E-state index contributed by atoms with van der Waals surface area (Å²) in [6.07, 6.45) is 7.96. The van der Waals surface area contributed by atoms with Crippen molar-refractivity contribution in [3.05, 3.63) is 42.2 Å². The molecule has 0 spiro atoms. The second-order valence-corrected chi connectivity index (χ2v) is 5.55. The number of fused-ring (bicyclic) bond motifs is 1. The first kappa shape index (κ1) is 12.6. The fourth-order valence-corrected chi connectivity index (χ4v) is 3.48. The zero-order chi connectivity index (χ0) is 13.1. The number of pyridine rings is 1. The Kier molecular flexibility index (Phi) is 3.79. The average molecular weight is 254 g/mol. The van der Waals surface area contributed by atoms with E-state index in [0.29, 0.717) is 5.92 Å². The van der Waals surface area contributed by atoms with Gasteiger partial charge in [0, 0.05) is 17.8 Å². The molecule has 19 heavy (non-hydrogen) atoms. The van der Waals surface area contributed by atoms with Crippen LogP contribution in [-0.4, -0.2) is 18.1 Å². The molecule has 1 heterocycles. The molecule has 3 rings (SSSR count). The van der Waals surface area contributed by atoms with E-state index in [0.717, 1.165) is 19.0 Å². The first-order chi connectivity index (χ1) is 9.40. The summed E-state index contributed by atoms with van der Waals surface area (Å²) >= 11 is 0. The van der Waals surface area contributed by atoms with Crippen LogP contribution in [0.15, 0.2) is 36.7 Å². The van der Waals surface area contributed by atoms with E-state index in [4.69, 9.17) is 0 Å². The third-order valence-electron chi connectivity index (χ3n) is 4.43. The highest BCUT2D eigenvalue weighted by atomic mass is 14.8. The minimum atomic E-state index is 0.701. The van der Waals surface area contributed by atoms with Crippen molar-refractivity contribution in [2.45, 2.75) is 32.1 Å². The van der Waals surface area contributed by atoms with E-state index in [1.807, 2.05) is 12.4 Å². The summed E-state index contributed by atoms with van der Waals surface area (Å²) < 4.78 is 0. The number of hydrogen-bond acceptors (Lipinski definition) is 2. The van der Waals surface area contributed by atoms with E-state index in [1.54, 1.807) is 0 Å². The maximum absolute atomic E-state index is 4.32. The van der Waals surface area contributed by atoms with E-state index < -0.39 is 0 Å². The lowest BCUT2D eigenvalue weighted by Gasteiger charge is -2.21. The number of aromatic nitrogens is 1. The molecule has 100 valence electrons. The van der Waals surface area contributed by atoms with Crippen LogP contribution < -0.4 is 5.32 Å². The summed E-state index contributed by atoms with van der Waals surface area (Å²) in [7, 11) is 0. The van der Waals surface area contributed by atoms with Crippen molar-refractivity contribution >= 4 is 10.8 Å². The van der Waals surface area contributed by atoms with Crippen LogP contribution in [-0.2, 0) is 0 Å². The second kappa shape index (κ2) is 5.70. The molecule has 0 aliphatic heterocycles. The molecule has 2 aromatic rings. The van der Waals surface area contributed by atoms with Crippen molar-refractivity contribution in [2.75, 3.05) is 13.1 Å². The Hall–Kier alpha value is -1.41. The monoisotopic (exact) mass is 254 g/mol. The Morgan fingerprint density at radius 2 is 2.21 bits per heavy atom. The molecular weight excluding hydrogens is 232 g/mol. The van der Waals surface area contributed by atoms with Gasteiger partial charge < -0.3 is 5.32 Å². The Balaban J connectivity index is 1.94. The topological polar surface area (TPSA) is 24.9 Å². The number of nitrogens with one attached hydrogen (secondary N) is 1. The van der Waals surface area contributed by atoms with E-state index in [2.05, 4.69) is 41.5 Å². The molecule has 2 nitrogen and oxygen atoms in total. The molecule has 2 atom stereocenters. The third kappa shape index (κ3) is 2.50. The van der Waals surface area contributed by atoms with Gasteiger partial charge in [0.2, 0.25) is 0 Å². The minimum Gasteiger partial charge on any atom is -0.317 e. The molecule has 2 unspecified atom stereocenters. The normalized spacial score (nSPS) is 23.0. The Morgan fingerprint density at radius 3 is 3.11 bits per heavy atom. The molecule has 1 aliphatic carbocycles. The third-order valence-corrected chi connectivity index (χ3v) is 4.43. The summed E-state index contributed by atoms with van der Waals surface area (Å²) in [6.45, 7) is 4.41. The van der Waals surface area contributed by atoms with Gasteiger partial charge in [-0.25, -0.2) is 0 Å². The predicted octanol–water partition coefficient (Wildman–Crippen LogP) is 3.73. The molecule has 1 saturated carbocycles. The lowest BCUT2D eigenvalue weighted by molar-refractivity contribution is 0.452. The Morgan fingerprint density at radius 1 is 1.26 bits per heavy atom. The summed E-state index contributed by atoms with van der Waals surface area (Å²) in [5.74, 6) is 1.48. The van der Waals surface area contributed by atoms with Gasteiger partial charge >= 0.3 is 0 Å². The Bertz CT molecular complexity index is 544. The van der Waals surface area contributed by atoms with Gasteiger partial charge in [-0.2, -0.15) is 0 Å². The number of nitrogens with zero attached hydrogens (tertiary/aromatic N) is 1. The van der Waals surface area contributed by atoms with Gasteiger partial charge in [0.05, 0.1) is 0 Å². The van der Waals surface area contributed by atoms with Gasteiger partial charge in [-0.1, -0.05) is 31.5 Å². The van der Waals surface area contributed by atoms with Crippen LogP contribution in [0, 0.1) is 5.92 Å². The number of hydrogen-bond donors (Lipinski definition) is 1. The van der Waals surface area contributed by atoms with Crippen molar-refractivity contribution < 1.29 is 0 Å². The molecule has 2 heteroatoms. The van der Waals surface area contributed by atoms with Crippen LogP contribution in [0.2, 0.25) is 0 Å². The largest absolute Gasteiger partial charge is 0.317 e. The molecule has 0 bridgehead atoms. The SMILES string of the molecule is CCNCC1CCCC1c1cccc2ccncc12. The lowest BCUT2D eigenvalue weighted by Crippen LogP contribution is -2.24. The van der Waals surface area contributed by atoms with Crippen molar-refractivity contribution in [1.29, 1.82) is 0 Å². The minimum absolute atomic E-state index is 0.701. The van der Waals surface area contributed by atoms with Gasteiger partial charge in [0.25, 0.3) is 0 Å². The quantitative estimate of drug-likeness (QED) is 0.899. The van der Waals surface area contributed by atoms with Gasteiger partial charge in [-0.05, 0) is 54.8 Å². The fraction of sp³-hybridized carbons (Fsp3) is 0.471. The van der Waals surface area contributed by atoms with E-state index >= 15 is 0 Å². The molecule has 1 aromatic heterocycles. The highest BCUT2D eigenvalue weighted by molar-refractivity contribution is 5.85. The van der Waals surface area contributed by atoms with Crippen LogP contribution in [0.25, 0.3) is 10.8 Å². The second-order valence-electron chi connectivity index (χ2n) is 5.55. The zero-order valence-electron chi connectivity index (χ0n) is 11.6. The maximum Gasteiger partial charge on any atom is 0.0349 e. The van der Waals surface area contributed by atoms with E-state index in [-0.39, 0.29) is 0 Å². The van der Waals surface area contributed by atoms with Crippen molar-refractivity contribution in [2.24, 2.45) is 5.92 Å². The van der Waals surface area contributed by atoms with Gasteiger partial charge in [-0.15, -0.1) is 0 Å². The molecule has 1 aliphatic rings. The van der Waals surface area contributed by atoms with Crippen molar-refractivity contribution in [1.82, 2.24) is 10.3 Å². The molecule has 0 saturated heterocycles.